The smallest absolute Gasteiger partial charge is 0.269 e. The summed E-state index contributed by atoms with van der Waals surface area (Å²) in [5, 5.41) is 10.7. The van der Waals surface area contributed by atoms with Gasteiger partial charge in [-0.25, -0.2) is 0 Å². The average Bonchev–Trinajstić information content (AvgIpc) is 2.61. The van der Waals surface area contributed by atoms with Crippen LogP contribution in [0, 0.1) is 29.4 Å². The molecule has 6 heteroatoms. The molecule has 0 unspecified atom stereocenters. The van der Waals surface area contributed by atoms with Gasteiger partial charge in [0.2, 0.25) is 5.91 Å². The van der Waals surface area contributed by atoms with Crippen molar-refractivity contribution in [2.45, 2.75) is 18.4 Å². The van der Waals surface area contributed by atoms with Crippen LogP contribution in [-0.4, -0.2) is 28.0 Å². The second-order valence-electron chi connectivity index (χ2n) is 5.48. The van der Waals surface area contributed by atoms with Crippen LogP contribution in [0.15, 0.2) is 53.4 Å². The molecular weight excluding hydrogens is 336 g/mol. The summed E-state index contributed by atoms with van der Waals surface area (Å²) in [5.74, 6) is 2.68. The van der Waals surface area contributed by atoms with E-state index in [1.807, 2.05) is 31.2 Å². The summed E-state index contributed by atoms with van der Waals surface area (Å²) >= 11 is 1.33. The molecule has 0 fully saturated rings. The molecule has 0 atom stereocenters. The van der Waals surface area contributed by atoms with Crippen molar-refractivity contribution in [3.63, 3.8) is 0 Å². The van der Waals surface area contributed by atoms with Crippen molar-refractivity contribution in [3.05, 3.63) is 69.8 Å². The third kappa shape index (κ3) is 5.66. The van der Waals surface area contributed by atoms with Crippen LogP contribution in [0.25, 0.3) is 0 Å². The van der Waals surface area contributed by atoms with Crippen LogP contribution in [0.3, 0.4) is 0 Å². The summed E-state index contributed by atoms with van der Waals surface area (Å²) in [6, 6.07) is 14.1. The van der Waals surface area contributed by atoms with Gasteiger partial charge in [0.25, 0.3) is 5.69 Å². The Morgan fingerprint density at radius 1 is 1.20 bits per heavy atom. The molecule has 0 saturated heterocycles. The normalized spacial score (nSPS) is 10.1. The van der Waals surface area contributed by atoms with Gasteiger partial charge in [-0.1, -0.05) is 35.7 Å². The maximum atomic E-state index is 12.5. The third-order valence-corrected chi connectivity index (χ3v) is 4.54. The number of nitro groups is 1. The van der Waals surface area contributed by atoms with Gasteiger partial charge in [-0.05, 0) is 24.6 Å². The van der Waals surface area contributed by atoms with Gasteiger partial charge in [0.05, 0.1) is 17.2 Å². The van der Waals surface area contributed by atoms with Crippen LogP contribution in [0.2, 0.25) is 0 Å². The number of hydrogen-bond acceptors (Lipinski definition) is 4. The molecule has 0 saturated carbocycles. The fraction of sp³-hybridized carbons (Fsp3) is 0.211. The Bertz CT molecular complexity index is 780. The summed E-state index contributed by atoms with van der Waals surface area (Å²) in [6.07, 6.45) is 5.38. The number of terminal acetylenes is 1. The molecule has 0 aromatic heterocycles. The predicted molar refractivity (Wildman–Crippen MR) is 99.2 cm³/mol. The quantitative estimate of drug-likeness (QED) is 0.329. The first-order chi connectivity index (χ1) is 12.0. The van der Waals surface area contributed by atoms with E-state index in [2.05, 4.69) is 5.92 Å². The third-order valence-electron chi connectivity index (χ3n) is 3.54. The van der Waals surface area contributed by atoms with Crippen LogP contribution in [-0.2, 0) is 11.3 Å². The van der Waals surface area contributed by atoms with E-state index < -0.39 is 4.92 Å². The van der Waals surface area contributed by atoms with Crippen LogP contribution >= 0.6 is 11.8 Å². The second-order valence-corrected chi connectivity index (χ2v) is 6.53. The van der Waals surface area contributed by atoms with E-state index in [9.17, 15) is 14.9 Å². The standard InChI is InChI=1S/C19H18N2O3S/c1-3-12-20(13-16-6-4-15(2)5-7-16)19(22)14-25-18-10-8-17(9-11-18)21(23)24/h1,4-11H,12-14H2,2H3. The lowest BCUT2D eigenvalue weighted by Crippen LogP contribution is -2.32. The van der Waals surface area contributed by atoms with Gasteiger partial charge in [0, 0.05) is 23.6 Å². The molecule has 0 N–H and O–H groups in total. The zero-order valence-corrected chi connectivity index (χ0v) is 14.7. The molecule has 1 amide bonds. The zero-order chi connectivity index (χ0) is 18.2. The minimum absolute atomic E-state index is 0.0315. The van der Waals surface area contributed by atoms with Crippen molar-refractivity contribution in [1.82, 2.24) is 4.90 Å². The highest BCUT2D eigenvalue weighted by atomic mass is 32.2. The van der Waals surface area contributed by atoms with E-state index in [0.29, 0.717) is 6.54 Å². The van der Waals surface area contributed by atoms with Crippen molar-refractivity contribution in [3.8, 4) is 12.3 Å². The summed E-state index contributed by atoms with van der Waals surface area (Å²) < 4.78 is 0. The number of carbonyl (C=O) groups excluding carboxylic acids is 1. The average molecular weight is 354 g/mol. The van der Waals surface area contributed by atoms with Crippen molar-refractivity contribution in [1.29, 1.82) is 0 Å². The molecule has 2 rings (SSSR count). The van der Waals surface area contributed by atoms with Gasteiger partial charge >= 0.3 is 0 Å². The number of aryl methyl sites for hydroxylation is 1. The van der Waals surface area contributed by atoms with Crippen molar-refractivity contribution < 1.29 is 9.72 Å². The first-order valence-corrected chi connectivity index (χ1v) is 8.62. The SMILES string of the molecule is C#CCN(Cc1ccc(C)cc1)C(=O)CSc1ccc([N+](=O)[O-])cc1. The lowest BCUT2D eigenvalue weighted by atomic mass is 10.1. The summed E-state index contributed by atoms with van der Waals surface area (Å²) in [5.41, 5.74) is 2.21. The fourth-order valence-corrected chi connectivity index (χ4v) is 2.96. The highest BCUT2D eigenvalue weighted by molar-refractivity contribution is 8.00. The van der Waals surface area contributed by atoms with Crippen molar-refractivity contribution in [2.24, 2.45) is 0 Å². The highest BCUT2D eigenvalue weighted by Crippen LogP contribution is 2.22. The van der Waals surface area contributed by atoms with E-state index in [0.717, 1.165) is 16.0 Å². The van der Waals surface area contributed by atoms with Gasteiger partial charge in [-0.15, -0.1) is 18.2 Å². The number of nitrogens with zero attached hydrogens (tertiary/aromatic N) is 2. The molecule has 0 heterocycles. The minimum Gasteiger partial charge on any atom is -0.327 e. The fourth-order valence-electron chi connectivity index (χ4n) is 2.16. The number of carbonyl (C=O) groups is 1. The monoisotopic (exact) mass is 354 g/mol. The second kappa shape index (κ2) is 8.90. The van der Waals surface area contributed by atoms with Gasteiger partial charge in [0.15, 0.2) is 0 Å². The van der Waals surface area contributed by atoms with E-state index in [-0.39, 0.29) is 23.9 Å². The van der Waals surface area contributed by atoms with Gasteiger partial charge < -0.3 is 4.90 Å². The van der Waals surface area contributed by atoms with Gasteiger partial charge in [-0.2, -0.15) is 0 Å². The van der Waals surface area contributed by atoms with Crippen molar-refractivity contribution >= 4 is 23.4 Å². The molecule has 0 aliphatic carbocycles. The number of amides is 1. The number of thioether (sulfide) groups is 1. The Balaban J connectivity index is 1.96. The Morgan fingerprint density at radius 2 is 1.84 bits per heavy atom. The Labute approximate surface area is 151 Å². The first-order valence-electron chi connectivity index (χ1n) is 7.63. The van der Waals surface area contributed by atoms with E-state index >= 15 is 0 Å². The highest BCUT2D eigenvalue weighted by Gasteiger charge is 2.14. The predicted octanol–water partition coefficient (Wildman–Crippen LogP) is 3.66. The summed E-state index contributed by atoms with van der Waals surface area (Å²) in [7, 11) is 0. The molecule has 0 spiro atoms. The number of rotatable bonds is 7. The molecule has 0 bridgehead atoms. The van der Waals surface area contributed by atoms with Gasteiger partial charge in [0.1, 0.15) is 0 Å². The molecule has 2 aromatic carbocycles. The van der Waals surface area contributed by atoms with Crippen LogP contribution in [0.4, 0.5) is 5.69 Å². The lowest BCUT2D eigenvalue weighted by molar-refractivity contribution is -0.384. The molecule has 0 aliphatic rings. The number of hydrogen-bond donors (Lipinski definition) is 0. The lowest BCUT2D eigenvalue weighted by Gasteiger charge is -2.20. The van der Waals surface area contributed by atoms with Crippen LogP contribution in [0.5, 0.6) is 0 Å². The van der Waals surface area contributed by atoms with Crippen molar-refractivity contribution in [2.75, 3.05) is 12.3 Å². The topological polar surface area (TPSA) is 63.5 Å². The minimum atomic E-state index is -0.449. The van der Waals surface area contributed by atoms with E-state index in [1.54, 1.807) is 17.0 Å². The Morgan fingerprint density at radius 3 is 2.40 bits per heavy atom. The molecule has 5 nitrogen and oxygen atoms in total. The molecule has 0 radical (unpaired) electrons. The summed E-state index contributed by atoms with van der Waals surface area (Å²) in [6.45, 7) is 2.71. The Kier molecular flexibility index (Phi) is 6.61. The maximum absolute atomic E-state index is 12.5. The molecule has 25 heavy (non-hydrogen) atoms. The van der Waals surface area contributed by atoms with E-state index in [4.69, 9.17) is 6.42 Å². The maximum Gasteiger partial charge on any atom is 0.269 e. The number of nitro benzene ring substituents is 1. The zero-order valence-electron chi connectivity index (χ0n) is 13.8. The number of benzene rings is 2. The largest absolute Gasteiger partial charge is 0.327 e. The molecule has 128 valence electrons. The van der Waals surface area contributed by atoms with Crippen LogP contribution < -0.4 is 0 Å². The molecule has 0 aliphatic heterocycles. The number of non-ortho nitro benzene ring substituents is 1. The molecule has 2 aromatic rings. The molecular formula is C19H18N2O3S. The van der Waals surface area contributed by atoms with Crippen LogP contribution in [0.1, 0.15) is 11.1 Å². The first kappa shape index (κ1) is 18.6. The van der Waals surface area contributed by atoms with E-state index in [1.165, 1.54) is 23.9 Å². The summed E-state index contributed by atoms with van der Waals surface area (Å²) in [4.78, 5) is 25.1. The van der Waals surface area contributed by atoms with Gasteiger partial charge in [-0.3, -0.25) is 14.9 Å². The Hall–Kier alpha value is -2.78.